The molecule has 1 N–H and O–H groups in total. The van der Waals surface area contributed by atoms with Gasteiger partial charge in [-0.1, -0.05) is 60.7 Å². The number of nitrogens with one attached hydrogen (secondary N) is 1. The van der Waals surface area contributed by atoms with Gasteiger partial charge in [0, 0.05) is 25.4 Å². The molecule has 0 spiro atoms. The number of fused-ring (bicyclic) bond motifs is 5. The first-order valence-electron chi connectivity index (χ1n) is 13.2. The molecule has 4 aromatic rings. The van der Waals surface area contributed by atoms with Crippen molar-refractivity contribution in [3.63, 3.8) is 0 Å². The molecule has 8 nitrogen and oxygen atoms in total. The van der Waals surface area contributed by atoms with E-state index in [0.29, 0.717) is 18.7 Å². The van der Waals surface area contributed by atoms with Crippen LogP contribution < -0.4 is 10.2 Å². The van der Waals surface area contributed by atoms with Crippen molar-refractivity contribution in [2.45, 2.75) is 44.4 Å². The molecule has 1 fully saturated rings. The second kappa shape index (κ2) is 9.13. The molecule has 4 heterocycles. The smallest absolute Gasteiger partial charge is 0.267 e. The third-order valence-electron chi connectivity index (χ3n) is 7.80. The monoisotopic (exact) mass is 503 g/mol. The average molecular weight is 504 g/mol. The fourth-order valence-electron chi connectivity index (χ4n) is 5.87. The molecule has 8 heteroatoms. The van der Waals surface area contributed by atoms with E-state index in [-0.39, 0.29) is 18.0 Å². The summed E-state index contributed by atoms with van der Waals surface area (Å²) in [6.07, 6.45) is 5.08. The molecule has 3 aliphatic rings. The van der Waals surface area contributed by atoms with Gasteiger partial charge in [0.1, 0.15) is 11.4 Å². The molecule has 2 aromatic carbocycles. The molecule has 2 aromatic heterocycles. The Morgan fingerprint density at radius 1 is 0.947 bits per heavy atom. The number of hydrogen-bond donors (Lipinski definition) is 1. The number of nitrogens with zero attached hydrogens (tertiary/aromatic N) is 6. The van der Waals surface area contributed by atoms with Crippen molar-refractivity contribution in [2.75, 3.05) is 17.3 Å². The predicted octanol–water partition coefficient (Wildman–Crippen LogP) is 4.79. The summed E-state index contributed by atoms with van der Waals surface area (Å²) in [5, 5.41) is 8.63. The van der Waals surface area contributed by atoms with Crippen LogP contribution in [0.15, 0.2) is 84.0 Å². The first kappa shape index (κ1) is 22.7. The van der Waals surface area contributed by atoms with E-state index in [9.17, 15) is 4.79 Å². The lowest BCUT2D eigenvalue weighted by molar-refractivity contribution is 0.0865. The largest absolute Gasteiger partial charge is 0.365 e. The van der Waals surface area contributed by atoms with Crippen LogP contribution in [-0.2, 0) is 13.1 Å². The average Bonchev–Trinajstić information content (AvgIpc) is 3.65. The van der Waals surface area contributed by atoms with Gasteiger partial charge >= 0.3 is 0 Å². The van der Waals surface area contributed by atoms with Gasteiger partial charge in [-0.15, -0.1) is 0 Å². The number of aliphatic imine (C=N–C) groups is 1. The zero-order valence-electron chi connectivity index (χ0n) is 21.3. The lowest BCUT2D eigenvalue weighted by Gasteiger charge is -2.34. The maximum atomic E-state index is 13.7. The van der Waals surface area contributed by atoms with Crippen LogP contribution in [0.3, 0.4) is 0 Å². The highest BCUT2D eigenvalue weighted by atomic mass is 16.2. The van der Waals surface area contributed by atoms with Crippen LogP contribution in [0.2, 0.25) is 0 Å². The van der Waals surface area contributed by atoms with Gasteiger partial charge in [-0.25, -0.2) is 9.67 Å². The summed E-state index contributed by atoms with van der Waals surface area (Å²) in [5.74, 6) is 2.13. The lowest BCUT2D eigenvalue weighted by Crippen LogP contribution is -2.51. The first-order valence-corrected chi connectivity index (χ1v) is 13.2. The fourth-order valence-corrected chi connectivity index (χ4v) is 5.87. The van der Waals surface area contributed by atoms with E-state index in [1.54, 1.807) is 11.1 Å². The summed E-state index contributed by atoms with van der Waals surface area (Å²) >= 11 is 0. The van der Waals surface area contributed by atoms with E-state index in [4.69, 9.17) is 10.1 Å². The molecule has 2 aliphatic heterocycles. The minimum absolute atomic E-state index is 0.0673. The third-order valence-corrected chi connectivity index (χ3v) is 7.80. The van der Waals surface area contributed by atoms with Crippen molar-refractivity contribution in [3.8, 4) is 11.3 Å². The maximum absolute atomic E-state index is 13.7. The molecule has 1 amide bonds. The maximum Gasteiger partial charge on any atom is 0.267 e. The molecule has 2 atom stereocenters. The van der Waals surface area contributed by atoms with Crippen molar-refractivity contribution >= 4 is 23.5 Å². The van der Waals surface area contributed by atoms with Crippen LogP contribution in [-0.4, -0.2) is 50.7 Å². The zero-order chi connectivity index (χ0) is 25.6. The molecule has 1 aliphatic carbocycles. The second-order valence-corrected chi connectivity index (χ2v) is 10.2. The summed E-state index contributed by atoms with van der Waals surface area (Å²) in [6, 6.07) is 25.0. The van der Waals surface area contributed by atoms with Gasteiger partial charge in [-0.2, -0.15) is 5.10 Å². The minimum Gasteiger partial charge on any atom is -0.365 e. The number of carbonyl (C=O) groups excluding carboxylic acids is 1. The minimum atomic E-state index is -0.0673. The Bertz CT molecular complexity index is 1510. The van der Waals surface area contributed by atoms with Crippen LogP contribution in [0.25, 0.3) is 11.3 Å². The van der Waals surface area contributed by atoms with Crippen LogP contribution in [0, 0.1) is 0 Å². The number of amides is 1. The van der Waals surface area contributed by atoms with E-state index < -0.39 is 0 Å². The quantitative estimate of drug-likeness (QED) is 0.409. The Morgan fingerprint density at radius 2 is 1.76 bits per heavy atom. The Kier molecular flexibility index (Phi) is 5.46. The second-order valence-electron chi connectivity index (χ2n) is 10.2. The SMILES string of the molecule is CN1C(=O)c2c(nn(Cc3ccc(-c4ccccn4)cc3)c2NCc2ccccc2)N2C1=N[C@@H]1CCC[C@@H]12. The van der Waals surface area contributed by atoms with Gasteiger partial charge in [0.2, 0.25) is 5.96 Å². The summed E-state index contributed by atoms with van der Waals surface area (Å²) in [6.45, 7) is 1.14. The van der Waals surface area contributed by atoms with Crippen LogP contribution >= 0.6 is 0 Å². The van der Waals surface area contributed by atoms with Crippen molar-refractivity contribution in [1.29, 1.82) is 0 Å². The number of anilines is 2. The normalized spacial score (nSPS) is 19.7. The third kappa shape index (κ3) is 3.75. The fraction of sp³-hybridized carbons (Fsp3) is 0.267. The molecular weight excluding hydrogens is 474 g/mol. The molecule has 38 heavy (non-hydrogen) atoms. The van der Waals surface area contributed by atoms with Gasteiger partial charge in [0.15, 0.2) is 5.82 Å². The Morgan fingerprint density at radius 3 is 2.55 bits per heavy atom. The highest BCUT2D eigenvalue weighted by Gasteiger charge is 2.49. The summed E-state index contributed by atoms with van der Waals surface area (Å²) in [7, 11) is 1.83. The molecule has 0 radical (unpaired) electrons. The van der Waals surface area contributed by atoms with Gasteiger partial charge in [-0.3, -0.25) is 19.6 Å². The molecule has 7 rings (SSSR count). The van der Waals surface area contributed by atoms with E-state index in [1.807, 2.05) is 48.1 Å². The highest BCUT2D eigenvalue weighted by molar-refractivity contribution is 6.20. The van der Waals surface area contributed by atoms with Gasteiger partial charge in [0.25, 0.3) is 5.91 Å². The Balaban J connectivity index is 1.27. The number of aromatic nitrogens is 3. The number of carbonyl (C=O) groups is 1. The van der Waals surface area contributed by atoms with Crippen molar-refractivity contribution in [1.82, 2.24) is 19.7 Å². The Hall–Kier alpha value is -4.46. The molecular formula is C30H29N7O. The van der Waals surface area contributed by atoms with E-state index in [1.165, 1.54) is 0 Å². The number of guanidine groups is 1. The topological polar surface area (TPSA) is 78.7 Å². The van der Waals surface area contributed by atoms with Gasteiger partial charge in [-0.05, 0) is 42.5 Å². The summed E-state index contributed by atoms with van der Waals surface area (Å²) in [4.78, 5) is 27.0. The van der Waals surface area contributed by atoms with E-state index in [2.05, 4.69) is 51.6 Å². The van der Waals surface area contributed by atoms with Crippen LogP contribution in [0.5, 0.6) is 0 Å². The van der Waals surface area contributed by atoms with Crippen molar-refractivity contribution in [2.24, 2.45) is 4.99 Å². The highest BCUT2D eigenvalue weighted by Crippen LogP contribution is 2.42. The van der Waals surface area contributed by atoms with E-state index >= 15 is 0 Å². The molecule has 0 bridgehead atoms. The summed E-state index contributed by atoms with van der Waals surface area (Å²) in [5.41, 5.74) is 4.88. The van der Waals surface area contributed by atoms with Gasteiger partial charge in [0.05, 0.1) is 24.3 Å². The zero-order valence-corrected chi connectivity index (χ0v) is 21.3. The number of hydrogen-bond acceptors (Lipinski definition) is 6. The number of rotatable bonds is 6. The standard InChI is InChI=1S/C30H29N7O/c1-35-29(38)26-27(32-18-20-8-3-2-4-9-20)36(34-28(26)37-25-12-7-11-24(25)33-30(35)37)19-21-13-15-22(16-14-21)23-10-5-6-17-31-23/h2-6,8-10,13-17,24-25,32H,7,11-12,18-19H2,1H3/t24-,25+/m1/s1. The molecule has 190 valence electrons. The predicted molar refractivity (Wildman–Crippen MR) is 148 cm³/mol. The number of benzene rings is 2. The van der Waals surface area contributed by atoms with E-state index in [0.717, 1.165) is 59.2 Å². The van der Waals surface area contributed by atoms with Gasteiger partial charge < -0.3 is 5.32 Å². The van der Waals surface area contributed by atoms with Crippen molar-refractivity contribution in [3.05, 3.63) is 95.7 Å². The van der Waals surface area contributed by atoms with Crippen molar-refractivity contribution < 1.29 is 4.79 Å². The lowest BCUT2D eigenvalue weighted by atomic mass is 10.1. The number of pyridine rings is 1. The molecule has 1 saturated carbocycles. The molecule has 0 unspecified atom stereocenters. The van der Waals surface area contributed by atoms with Crippen LogP contribution in [0.4, 0.5) is 11.6 Å². The first-order chi connectivity index (χ1) is 18.7. The Labute approximate surface area is 221 Å². The van der Waals surface area contributed by atoms with Crippen LogP contribution in [0.1, 0.15) is 40.7 Å². The molecule has 0 saturated heterocycles. The summed E-state index contributed by atoms with van der Waals surface area (Å²) < 4.78 is 1.94.